The third kappa shape index (κ3) is 9.35. The Morgan fingerprint density at radius 1 is 1.13 bits per heavy atom. The molecule has 0 aliphatic heterocycles. The molecule has 2 aromatic rings. The maximum atomic E-state index is 12.1. The van der Waals surface area contributed by atoms with Gasteiger partial charge in [0.25, 0.3) is 5.91 Å². The Morgan fingerprint density at radius 3 is 2.55 bits per heavy atom. The molecule has 170 valence electrons. The molecule has 0 bridgehead atoms. The van der Waals surface area contributed by atoms with Gasteiger partial charge in [-0.25, -0.2) is 0 Å². The average molecular weight is 559 g/mol. The van der Waals surface area contributed by atoms with Gasteiger partial charge in [-0.3, -0.25) is 9.79 Å². The number of hydrogen-bond donors (Lipinski definition) is 2. The largest absolute Gasteiger partial charge is 0.493 e. The Labute approximate surface area is 207 Å². The molecule has 1 amide bonds. The zero-order chi connectivity index (χ0) is 21.9. The summed E-state index contributed by atoms with van der Waals surface area (Å²) in [7, 11) is 5.26. The van der Waals surface area contributed by atoms with Gasteiger partial charge in [0.2, 0.25) is 0 Å². The maximum absolute atomic E-state index is 12.1. The molecule has 6 nitrogen and oxygen atoms in total. The highest BCUT2D eigenvalue weighted by atomic mass is 127. The van der Waals surface area contributed by atoms with Crippen LogP contribution in [-0.2, 0) is 6.42 Å². The van der Waals surface area contributed by atoms with E-state index in [4.69, 9.17) is 16.3 Å². The van der Waals surface area contributed by atoms with Crippen molar-refractivity contribution in [2.45, 2.75) is 19.8 Å². The molecule has 0 unspecified atom stereocenters. The van der Waals surface area contributed by atoms with E-state index in [-0.39, 0.29) is 29.9 Å². The number of hydrogen-bond acceptors (Lipinski definition) is 3. The summed E-state index contributed by atoms with van der Waals surface area (Å²) in [4.78, 5) is 17.9. The van der Waals surface area contributed by atoms with Crippen molar-refractivity contribution in [3.63, 3.8) is 0 Å². The summed E-state index contributed by atoms with van der Waals surface area (Å²) in [6.45, 7) is 4.06. The molecule has 0 aliphatic carbocycles. The first kappa shape index (κ1) is 27.0. The lowest BCUT2D eigenvalue weighted by molar-refractivity contribution is 0.0827. The fourth-order valence-corrected chi connectivity index (χ4v) is 3.13. The Morgan fingerprint density at radius 2 is 1.87 bits per heavy atom. The molecule has 8 heteroatoms. The quantitative estimate of drug-likeness (QED) is 0.210. The summed E-state index contributed by atoms with van der Waals surface area (Å²) in [6.07, 6.45) is 1.64. The molecule has 0 heterocycles. The van der Waals surface area contributed by atoms with Crippen LogP contribution in [0.1, 0.15) is 27.9 Å². The van der Waals surface area contributed by atoms with Gasteiger partial charge in [-0.05, 0) is 61.2 Å². The molecule has 0 saturated heterocycles. The number of nitrogens with zero attached hydrogens (tertiary/aromatic N) is 2. The molecular weight excluding hydrogens is 527 g/mol. The smallest absolute Gasteiger partial charge is 0.253 e. The lowest BCUT2D eigenvalue weighted by Crippen LogP contribution is -2.39. The summed E-state index contributed by atoms with van der Waals surface area (Å²) in [5.41, 5.74) is 2.85. The van der Waals surface area contributed by atoms with Crippen LogP contribution < -0.4 is 15.4 Å². The van der Waals surface area contributed by atoms with Gasteiger partial charge < -0.3 is 20.3 Å². The van der Waals surface area contributed by atoms with Gasteiger partial charge in [0, 0.05) is 44.8 Å². The van der Waals surface area contributed by atoms with E-state index in [1.54, 1.807) is 26.0 Å². The number of benzene rings is 2. The van der Waals surface area contributed by atoms with E-state index in [0.717, 1.165) is 48.8 Å². The maximum Gasteiger partial charge on any atom is 0.253 e. The molecule has 0 radical (unpaired) electrons. The Hall–Kier alpha value is -2.00. The lowest BCUT2D eigenvalue weighted by atomic mass is 10.1. The number of carbonyl (C=O) groups is 1. The first-order valence-corrected chi connectivity index (χ1v) is 10.4. The SMILES string of the molecule is CN=C(NCCCOc1ccc(Cl)cc1C)NCCc1cccc(C(=O)N(C)C)c1.I. The van der Waals surface area contributed by atoms with Crippen LogP contribution in [0.3, 0.4) is 0 Å². The van der Waals surface area contributed by atoms with E-state index in [1.165, 1.54) is 0 Å². The molecule has 0 atom stereocenters. The number of carbonyl (C=O) groups excluding carboxylic acids is 1. The number of aryl methyl sites for hydroxylation is 1. The number of aliphatic imine (C=N–C) groups is 1. The van der Waals surface area contributed by atoms with Crippen LogP contribution in [0.5, 0.6) is 5.75 Å². The van der Waals surface area contributed by atoms with Crippen molar-refractivity contribution in [3.8, 4) is 5.75 Å². The van der Waals surface area contributed by atoms with Crippen molar-refractivity contribution < 1.29 is 9.53 Å². The van der Waals surface area contributed by atoms with E-state index >= 15 is 0 Å². The van der Waals surface area contributed by atoms with Crippen molar-refractivity contribution in [3.05, 3.63) is 64.2 Å². The van der Waals surface area contributed by atoms with Crippen LogP contribution in [0.4, 0.5) is 0 Å². The second-order valence-electron chi connectivity index (χ2n) is 7.19. The minimum atomic E-state index is 0. The van der Waals surface area contributed by atoms with E-state index in [2.05, 4.69) is 15.6 Å². The topological polar surface area (TPSA) is 66.0 Å². The molecule has 2 N–H and O–H groups in total. The molecule has 2 aromatic carbocycles. The fraction of sp³-hybridized carbons (Fsp3) is 0.391. The molecule has 0 spiro atoms. The highest BCUT2D eigenvalue weighted by Crippen LogP contribution is 2.21. The lowest BCUT2D eigenvalue weighted by Gasteiger charge is -2.14. The van der Waals surface area contributed by atoms with Gasteiger partial charge in [0.15, 0.2) is 5.96 Å². The van der Waals surface area contributed by atoms with Gasteiger partial charge in [0.05, 0.1) is 6.61 Å². The Balaban J connectivity index is 0.00000480. The Bertz CT molecular complexity index is 874. The van der Waals surface area contributed by atoms with Crippen molar-refractivity contribution in [1.29, 1.82) is 0 Å². The highest BCUT2D eigenvalue weighted by Gasteiger charge is 2.08. The van der Waals surface area contributed by atoms with Crippen LogP contribution in [0.15, 0.2) is 47.5 Å². The fourth-order valence-electron chi connectivity index (χ4n) is 2.90. The first-order valence-electron chi connectivity index (χ1n) is 10.0. The zero-order valence-electron chi connectivity index (χ0n) is 18.6. The summed E-state index contributed by atoms with van der Waals surface area (Å²) >= 11 is 5.96. The average Bonchev–Trinajstić information content (AvgIpc) is 2.73. The second-order valence-corrected chi connectivity index (χ2v) is 7.62. The first-order chi connectivity index (χ1) is 14.4. The van der Waals surface area contributed by atoms with Gasteiger partial charge in [-0.2, -0.15) is 0 Å². The normalized spacial score (nSPS) is 10.8. The van der Waals surface area contributed by atoms with Crippen LogP contribution in [-0.4, -0.2) is 57.6 Å². The molecule has 2 rings (SSSR count). The molecular formula is C23H32ClIN4O2. The van der Waals surface area contributed by atoms with Gasteiger partial charge in [-0.15, -0.1) is 24.0 Å². The molecule has 0 saturated carbocycles. The summed E-state index contributed by atoms with van der Waals surface area (Å²) in [5.74, 6) is 1.62. The number of nitrogens with one attached hydrogen (secondary N) is 2. The Kier molecular flexibility index (Phi) is 12.3. The number of ether oxygens (including phenoxy) is 1. The predicted octanol–water partition coefficient (Wildman–Crippen LogP) is 4.14. The third-order valence-corrected chi connectivity index (χ3v) is 4.75. The summed E-state index contributed by atoms with van der Waals surface area (Å²) in [5, 5.41) is 7.30. The number of rotatable bonds is 9. The van der Waals surface area contributed by atoms with Crippen molar-refractivity contribution in [1.82, 2.24) is 15.5 Å². The monoisotopic (exact) mass is 558 g/mol. The number of guanidine groups is 1. The zero-order valence-corrected chi connectivity index (χ0v) is 21.7. The highest BCUT2D eigenvalue weighted by molar-refractivity contribution is 14.0. The van der Waals surface area contributed by atoms with Crippen LogP contribution in [0, 0.1) is 6.92 Å². The third-order valence-electron chi connectivity index (χ3n) is 4.52. The van der Waals surface area contributed by atoms with E-state index < -0.39 is 0 Å². The van der Waals surface area contributed by atoms with Crippen molar-refractivity contribution in [2.24, 2.45) is 4.99 Å². The van der Waals surface area contributed by atoms with E-state index in [0.29, 0.717) is 17.2 Å². The van der Waals surface area contributed by atoms with Crippen LogP contribution in [0.25, 0.3) is 0 Å². The van der Waals surface area contributed by atoms with Crippen molar-refractivity contribution >= 4 is 47.4 Å². The number of amides is 1. The standard InChI is InChI=1S/C23H31ClN4O2.HI/c1-17-15-20(24)9-10-21(17)30-14-6-12-26-23(25-2)27-13-11-18-7-5-8-19(16-18)22(29)28(3)4;/h5,7-10,15-16H,6,11-14H2,1-4H3,(H2,25,26,27);1H. The van der Waals surface area contributed by atoms with Crippen LogP contribution in [0.2, 0.25) is 5.02 Å². The molecule has 31 heavy (non-hydrogen) atoms. The summed E-state index contributed by atoms with van der Waals surface area (Å²) in [6, 6.07) is 13.4. The minimum absolute atomic E-state index is 0. The predicted molar refractivity (Wildman–Crippen MR) is 139 cm³/mol. The van der Waals surface area contributed by atoms with E-state index in [9.17, 15) is 4.79 Å². The number of halogens is 2. The van der Waals surface area contributed by atoms with Gasteiger partial charge in [-0.1, -0.05) is 23.7 Å². The van der Waals surface area contributed by atoms with Gasteiger partial charge in [0.1, 0.15) is 5.75 Å². The van der Waals surface area contributed by atoms with Crippen molar-refractivity contribution in [2.75, 3.05) is 40.8 Å². The minimum Gasteiger partial charge on any atom is -0.493 e. The molecule has 0 aliphatic rings. The molecule has 0 fully saturated rings. The van der Waals surface area contributed by atoms with E-state index in [1.807, 2.05) is 49.4 Å². The summed E-state index contributed by atoms with van der Waals surface area (Å²) < 4.78 is 5.80. The second kappa shape index (κ2) is 14.1. The van der Waals surface area contributed by atoms with Gasteiger partial charge >= 0.3 is 0 Å². The molecule has 0 aromatic heterocycles. The van der Waals surface area contributed by atoms with Crippen LogP contribution >= 0.6 is 35.6 Å².